The van der Waals surface area contributed by atoms with E-state index < -0.39 is 0 Å². The van der Waals surface area contributed by atoms with Gasteiger partial charge in [0.1, 0.15) is 11.5 Å². The second kappa shape index (κ2) is 6.57. The van der Waals surface area contributed by atoms with E-state index in [1.165, 1.54) is 16.7 Å². The zero-order valence-corrected chi connectivity index (χ0v) is 13.5. The van der Waals surface area contributed by atoms with E-state index in [0.717, 1.165) is 17.2 Å². The Balaban J connectivity index is 1.76. The fraction of sp³-hybridized carbons (Fsp3) is 0.143. The van der Waals surface area contributed by atoms with Crippen molar-refractivity contribution in [3.05, 3.63) is 89.5 Å². The summed E-state index contributed by atoms with van der Waals surface area (Å²) in [4.78, 5) is 0. The Labute approximate surface area is 137 Å². The Morgan fingerprint density at radius 1 is 0.783 bits per heavy atom. The molecule has 0 radical (unpaired) electrons. The lowest BCUT2D eigenvalue weighted by molar-refractivity contribution is 0.482. The van der Waals surface area contributed by atoms with Crippen molar-refractivity contribution < 1.29 is 4.74 Å². The van der Waals surface area contributed by atoms with E-state index in [1.54, 1.807) is 0 Å². The van der Waals surface area contributed by atoms with Crippen LogP contribution in [0, 0.1) is 6.92 Å². The molecule has 0 fully saturated rings. The van der Waals surface area contributed by atoms with Crippen molar-refractivity contribution in [2.45, 2.75) is 19.8 Å². The second-order valence-electron chi connectivity index (χ2n) is 5.82. The minimum absolute atomic E-state index is 0.363. The molecule has 2 nitrogen and oxygen atoms in total. The molecule has 2 heteroatoms. The van der Waals surface area contributed by atoms with E-state index >= 15 is 0 Å². The molecule has 0 aliphatic carbocycles. The molecule has 2 N–H and O–H groups in total. The lowest BCUT2D eigenvalue weighted by Crippen LogP contribution is -1.98. The van der Waals surface area contributed by atoms with E-state index in [0.29, 0.717) is 5.92 Å². The average Bonchev–Trinajstić information content (AvgIpc) is 2.57. The third kappa shape index (κ3) is 3.54. The smallest absolute Gasteiger partial charge is 0.127 e. The van der Waals surface area contributed by atoms with Gasteiger partial charge in [0.05, 0.1) is 0 Å². The largest absolute Gasteiger partial charge is 0.457 e. The number of hydrogen-bond acceptors (Lipinski definition) is 2. The molecule has 3 aromatic rings. The quantitative estimate of drug-likeness (QED) is 0.644. The number of hydrogen-bond donors (Lipinski definition) is 1. The Hall–Kier alpha value is -2.74. The van der Waals surface area contributed by atoms with Crippen LogP contribution in [-0.4, -0.2) is 0 Å². The van der Waals surface area contributed by atoms with Gasteiger partial charge in [-0.25, -0.2) is 0 Å². The molecule has 0 aromatic heterocycles. The van der Waals surface area contributed by atoms with Crippen molar-refractivity contribution in [1.29, 1.82) is 0 Å². The normalized spacial score (nSPS) is 11.9. The van der Waals surface area contributed by atoms with Crippen molar-refractivity contribution in [1.82, 2.24) is 0 Å². The summed E-state index contributed by atoms with van der Waals surface area (Å²) in [6.07, 6.45) is 0. The molecule has 23 heavy (non-hydrogen) atoms. The molecule has 3 rings (SSSR count). The van der Waals surface area contributed by atoms with Gasteiger partial charge in [-0.3, -0.25) is 0 Å². The zero-order valence-electron chi connectivity index (χ0n) is 13.5. The van der Waals surface area contributed by atoms with E-state index in [4.69, 9.17) is 10.5 Å². The predicted molar refractivity (Wildman–Crippen MR) is 96.1 cm³/mol. The Kier molecular flexibility index (Phi) is 4.33. The number of aryl methyl sites for hydroxylation is 1. The minimum Gasteiger partial charge on any atom is -0.457 e. The third-order valence-electron chi connectivity index (χ3n) is 4.15. The summed E-state index contributed by atoms with van der Waals surface area (Å²) in [6.45, 7) is 4.39. The van der Waals surface area contributed by atoms with Gasteiger partial charge >= 0.3 is 0 Å². The number of ether oxygens (including phenoxy) is 1. The summed E-state index contributed by atoms with van der Waals surface area (Å²) < 4.78 is 5.84. The molecule has 0 aliphatic rings. The molecular formula is C21H21NO. The van der Waals surface area contributed by atoms with Crippen LogP contribution < -0.4 is 10.5 Å². The highest BCUT2D eigenvalue weighted by molar-refractivity contribution is 5.44. The van der Waals surface area contributed by atoms with E-state index in [-0.39, 0.29) is 0 Å². The van der Waals surface area contributed by atoms with Crippen LogP contribution in [0.3, 0.4) is 0 Å². The Morgan fingerprint density at radius 3 is 1.96 bits per heavy atom. The lowest BCUT2D eigenvalue weighted by Gasteiger charge is -2.15. The molecule has 0 heterocycles. The maximum atomic E-state index is 5.84. The molecule has 1 unspecified atom stereocenters. The van der Waals surface area contributed by atoms with Crippen molar-refractivity contribution in [2.75, 3.05) is 5.73 Å². The minimum atomic E-state index is 0.363. The first kappa shape index (κ1) is 15.2. The van der Waals surface area contributed by atoms with Crippen LogP contribution in [0.25, 0.3) is 0 Å². The highest BCUT2D eigenvalue weighted by Gasteiger charge is 2.10. The summed E-state index contributed by atoms with van der Waals surface area (Å²) >= 11 is 0. The number of rotatable bonds is 4. The molecule has 0 saturated carbocycles. The van der Waals surface area contributed by atoms with Crippen molar-refractivity contribution in [3.8, 4) is 11.5 Å². The summed E-state index contributed by atoms with van der Waals surface area (Å²) in [5.74, 6) is 1.98. The van der Waals surface area contributed by atoms with E-state index in [1.807, 2.05) is 36.4 Å². The van der Waals surface area contributed by atoms with Crippen LogP contribution in [-0.2, 0) is 0 Å². The number of anilines is 1. The highest BCUT2D eigenvalue weighted by atomic mass is 16.5. The fourth-order valence-electron chi connectivity index (χ4n) is 2.75. The summed E-state index contributed by atoms with van der Waals surface area (Å²) in [5.41, 5.74) is 10.4. The van der Waals surface area contributed by atoms with E-state index in [2.05, 4.69) is 50.2 Å². The van der Waals surface area contributed by atoms with Crippen LogP contribution in [0.15, 0.2) is 72.8 Å². The lowest BCUT2D eigenvalue weighted by atomic mass is 9.90. The van der Waals surface area contributed by atoms with Crippen LogP contribution in [0.4, 0.5) is 5.69 Å². The second-order valence-corrected chi connectivity index (χ2v) is 5.82. The molecule has 0 bridgehead atoms. The van der Waals surface area contributed by atoms with E-state index in [9.17, 15) is 0 Å². The maximum absolute atomic E-state index is 5.84. The van der Waals surface area contributed by atoms with Crippen LogP contribution in [0.5, 0.6) is 11.5 Å². The number of nitrogen functional groups attached to an aromatic ring is 1. The van der Waals surface area contributed by atoms with Crippen molar-refractivity contribution in [2.24, 2.45) is 0 Å². The van der Waals surface area contributed by atoms with Gasteiger partial charge < -0.3 is 10.5 Å². The SMILES string of the molecule is Cc1ccccc1C(C)c1ccc(Oc2ccc(N)cc2)cc1. The molecule has 0 amide bonds. The molecule has 0 saturated heterocycles. The van der Waals surface area contributed by atoms with Gasteiger partial charge in [-0.1, -0.05) is 43.3 Å². The zero-order chi connectivity index (χ0) is 16.2. The van der Waals surface area contributed by atoms with Gasteiger partial charge in [-0.2, -0.15) is 0 Å². The standard InChI is InChI=1S/C21H21NO/c1-15-5-3-4-6-21(15)16(2)17-7-11-19(12-8-17)23-20-13-9-18(22)10-14-20/h3-14,16H,22H2,1-2H3. The van der Waals surface area contributed by atoms with Gasteiger partial charge in [0.15, 0.2) is 0 Å². The number of benzene rings is 3. The van der Waals surface area contributed by atoms with Crippen molar-refractivity contribution in [3.63, 3.8) is 0 Å². The first-order valence-corrected chi connectivity index (χ1v) is 7.82. The Bertz CT molecular complexity index is 776. The molecule has 0 spiro atoms. The maximum Gasteiger partial charge on any atom is 0.127 e. The van der Waals surface area contributed by atoms with Gasteiger partial charge in [-0.15, -0.1) is 0 Å². The van der Waals surface area contributed by atoms with Gasteiger partial charge in [0.25, 0.3) is 0 Å². The molecule has 0 aliphatic heterocycles. The highest BCUT2D eigenvalue weighted by Crippen LogP contribution is 2.29. The fourth-order valence-corrected chi connectivity index (χ4v) is 2.75. The first-order valence-electron chi connectivity index (χ1n) is 7.82. The third-order valence-corrected chi connectivity index (χ3v) is 4.15. The van der Waals surface area contributed by atoms with Gasteiger partial charge in [0.2, 0.25) is 0 Å². The average molecular weight is 303 g/mol. The van der Waals surface area contributed by atoms with Crippen molar-refractivity contribution >= 4 is 5.69 Å². The van der Waals surface area contributed by atoms with Crippen LogP contribution >= 0.6 is 0 Å². The molecule has 116 valence electrons. The topological polar surface area (TPSA) is 35.2 Å². The van der Waals surface area contributed by atoms with Crippen LogP contribution in [0.1, 0.15) is 29.5 Å². The Morgan fingerprint density at radius 2 is 1.35 bits per heavy atom. The molecule has 1 atom stereocenters. The molecular weight excluding hydrogens is 282 g/mol. The number of nitrogens with two attached hydrogens (primary N) is 1. The monoisotopic (exact) mass is 303 g/mol. The summed E-state index contributed by atoms with van der Waals surface area (Å²) in [6, 6.07) is 24.2. The molecule has 3 aromatic carbocycles. The van der Waals surface area contributed by atoms with Gasteiger partial charge in [-0.05, 0) is 60.0 Å². The van der Waals surface area contributed by atoms with Crippen LogP contribution in [0.2, 0.25) is 0 Å². The summed E-state index contributed by atoms with van der Waals surface area (Å²) in [7, 11) is 0. The predicted octanol–water partition coefficient (Wildman–Crippen LogP) is 5.52. The summed E-state index contributed by atoms with van der Waals surface area (Å²) in [5, 5.41) is 0. The van der Waals surface area contributed by atoms with Gasteiger partial charge in [0, 0.05) is 11.6 Å². The first-order chi connectivity index (χ1) is 11.1.